The Morgan fingerprint density at radius 2 is 1.84 bits per heavy atom. The minimum absolute atomic E-state index is 0. The molecular formula is C13H21N2NaO3. The first-order valence-corrected chi connectivity index (χ1v) is 6.60. The molecule has 5 nitrogen and oxygen atoms in total. The number of imide groups is 2. The van der Waals surface area contributed by atoms with Crippen LogP contribution >= 0.6 is 0 Å². The van der Waals surface area contributed by atoms with Crippen LogP contribution in [0.4, 0.5) is 4.79 Å². The van der Waals surface area contributed by atoms with E-state index in [1.54, 1.807) is 0 Å². The Kier molecular flexibility index (Phi) is 7.86. The van der Waals surface area contributed by atoms with Gasteiger partial charge in [0.2, 0.25) is 0 Å². The number of urea groups is 1. The summed E-state index contributed by atoms with van der Waals surface area (Å²) in [7, 11) is 0. The Balaban J connectivity index is 0.00000324. The van der Waals surface area contributed by atoms with Gasteiger partial charge in [-0.25, -0.2) is 0 Å². The average molecular weight is 276 g/mol. The molecule has 1 rings (SSSR count). The molecule has 0 aromatic rings. The van der Waals surface area contributed by atoms with E-state index in [-0.39, 0.29) is 35.5 Å². The van der Waals surface area contributed by atoms with Gasteiger partial charge in [-0.05, 0) is 18.8 Å². The third-order valence-electron chi connectivity index (χ3n) is 3.70. The van der Waals surface area contributed by atoms with Crippen LogP contribution in [-0.4, -0.2) is 17.8 Å². The van der Waals surface area contributed by atoms with Gasteiger partial charge >= 0.3 is 29.6 Å². The number of hydrogen-bond donors (Lipinski definition) is 1. The second-order valence-electron chi connectivity index (χ2n) is 4.94. The van der Waals surface area contributed by atoms with Crippen molar-refractivity contribution in [1.29, 1.82) is 0 Å². The summed E-state index contributed by atoms with van der Waals surface area (Å²) in [5.74, 6) is -1.13. The van der Waals surface area contributed by atoms with E-state index < -0.39 is 23.3 Å². The first-order chi connectivity index (χ1) is 8.48. The molecule has 0 spiro atoms. The fourth-order valence-corrected chi connectivity index (χ4v) is 2.56. The molecule has 1 aliphatic rings. The third kappa shape index (κ3) is 3.80. The molecule has 1 aliphatic heterocycles. The predicted octanol–water partition coefficient (Wildman–Crippen LogP) is -0.247. The number of hydrogen-bond acceptors (Lipinski definition) is 3. The van der Waals surface area contributed by atoms with E-state index in [0.29, 0.717) is 6.42 Å². The fraction of sp³-hybridized carbons (Fsp3) is 0.769. The number of rotatable bonds is 6. The summed E-state index contributed by atoms with van der Waals surface area (Å²) >= 11 is 0. The molecule has 4 amide bonds. The first-order valence-electron chi connectivity index (χ1n) is 6.60. The molecule has 0 aliphatic carbocycles. The van der Waals surface area contributed by atoms with Crippen molar-refractivity contribution in [3.8, 4) is 0 Å². The molecule has 0 saturated carbocycles. The zero-order valence-corrected chi connectivity index (χ0v) is 14.3. The maximum absolute atomic E-state index is 12.1. The molecule has 0 bridgehead atoms. The van der Waals surface area contributed by atoms with Crippen LogP contribution in [-0.2, 0) is 9.59 Å². The van der Waals surface area contributed by atoms with Crippen molar-refractivity contribution in [1.82, 2.24) is 5.32 Å². The molecule has 0 radical (unpaired) electrons. The van der Waals surface area contributed by atoms with E-state index in [2.05, 4.69) is 10.6 Å². The molecule has 6 heteroatoms. The summed E-state index contributed by atoms with van der Waals surface area (Å²) in [5, 5.41) is 5.62. The zero-order valence-electron chi connectivity index (χ0n) is 12.3. The van der Waals surface area contributed by atoms with E-state index in [4.69, 9.17) is 0 Å². The zero-order chi connectivity index (χ0) is 13.8. The van der Waals surface area contributed by atoms with Crippen molar-refractivity contribution in [2.45, 2.75) is 52.9 Å². The van der Waals surface area contributed by atoms with Crippen LogP contribution in [0.2, 0.25) is 0 Å². The number of nitrogens with zero attached hydrogens (tertiary/aromatic N) is 1. The number of amides is 4. The number of barbiturate groups is 1. The average Bonchev–Trinajstić information content (AvgIpc) is 2.28. The Hall–Kier alpha value is -0.390. The number of nitrogens with one attached hydrogen (secondary N) is 1. The molecule has 1 fully saturated rings. The molecule has 2 unspecified atom stereocenters. The number of unbranched alkanes of at least 4 members (excludes halogenated alkanes) is 1. The van der Waals surface area contributed by atoms with Crippen LogP contribution in [0.25, 0.3) is 5.32 Å². The van der Waals surface area contributed by atoms with Gasteiger partial charge in [0, 0.05) is 0 Å². The number of carbonyl (C=O) groups is 3. The van der Waals surface area contributed by atoms with Crippen LogP contribution in [0.1, 0.15) is 52.9 Å². The van der Waals surface area contributed by atoms with E-state index in [0.717, 1.165) is 25.7 Å². The molecule has 0 aromatic heterocycles. The van der Waals surface area contributed by atoms with Crippen molar-refractivity contribution < 1.29 is 43.9 Å². The molecule has 1 N–H and O–H groups in total. The van der Waals surface area contributed by atoms with E-state index in [1.807, 2.05) is 20.8 Å². The van der Waals surface area contributed by atoms with Crippen LogP contribution in [0.5, 0.6) is 0 Å². The summed E-state index contributed by atoms with van der Waals surface area (Å²) in [5.41, 5.74) is -1.14. The smallest absolute Gasteiger partial charge is 0.394 e. The minimum atomic E-state index is -1.14. The Morgan fingerprint density at radius 1 is 1.21 bits per heavy atom. The monoisotopic (exact) mass is 276 g/mol. The maximum atomic E-state index is 12.1. The van der Waals surface area contributed by atoms with Crippen molar-refractivity contribution in [3.05, 3.63) is 5.32 Å². The van der Waals surface area contributed by atoms with Gasteiger partial charge in [-0.3, -0.25) is 14.4 Å². The van der Waals surface area contributed by atoms with E-state index in [1.165, 1.54) is 0 Å². The van der Waals surface area contributed by atoms with Crippen molar-refractivity contribution in [2.75, 3.05) is 0 Å². The standard InChI is InChI=1S/C13H22N2O3.Na/c1-4-6-8-13(9(3)7-5-2)10(16)14-12(18)15-11(13)17;/h9H,4-8H2,1-3H3,(H2,14,15,16,17,18);/q;+1/p-1. The van der Waals surface area contributed by atoms with Gasteiger partial charge in [-0.2, -0.15) is 0 Å². The summed E-state index contributed by atoms with van der Waals surface area (Å²) in [4.78, 5) is 35.4. The van der Waals surface area contributed by atoms with Crippen LogP contribution in [0, 0.1) is 11.3 Å². The second-order valence-corrected chi connectivity index (χ2v) is 4.94. The molecule has 0 aromatic carbocycles. The Morgan fingerprint density at radius 3 is 2.32 bits per heavy atom. The van der Waals surface area contributed by atoms with Gasteiger partial charge in [-0.15, -0.1) is 0 Å². The van der Waals surface area contributed by atoms with Gasteiger partial charge in [0.15, 0.2) is 17.8 Å². The van der Waals surface area contributed by atoms with E-state index >= 15 is 0 Å². The summed E-state index contributed by atoms with van der Waals surface area (Å²) in [6, 6.07) is -0.833. The predicted molar refractivity (Wildman–Crippen MR) is 67.9 cm³/mol. The summed E-state index contributed by atoms with van der Waals surface area (Å²) in [6.45, 7) is 5.91. The SMILES string of the molecule is CCCCC1(C(C)CCC)C(=O)[N-]C(=O)NC1=O.[Na+]. The molecule has 2 atom stereocenters. The molecule has 19 heavy (non-hydrogen) atoms. The Labute approximate surface area is 136 Å². The Bertz CT molecular complexity index is 338. The molecule has 1 saturated heterocycles. The van der Waals surface area contributed by atoms with Crippen molar-refractivity contribution in [3.63, 3.8) is 0 Å². The fourth-order valence-electron chi connectivity index (χ4n) is 2.56. The first kappa shape index (κ1) is 18.6. The van der Waals surface area contributed by atoms with Crippen LogP contribution < -0.4 is 34.9 Å². The van der Waals surface area contributed by atoms with Gasteiger partial charge in [0.1, 0.15) is 0 Å². The quantitative estimate of drug-likeness (QED) is 0.537. The largest absolute Gasteiger partial charge is 1.00 e. The molecule has 102 valence electrons. The van der Waals surface area contributed by atoms with Gasteiger partial charge in [0.05, 0.1) is 5.41 Å². The van der Waals surface area contributed by atoms with Gasteiger partial charge < -0.3 is 10.6 Å². The van der Waals surface area contributed by atoms with E-state index in [9.17, 15) is 14.4 Å². The third-order valence-corrected chi connectivity index (χ3v) is 3.70. The normalized spacial score (nSPS) is 24.3. The topological polar surface area (TPSA) is 77.3 Å². The minimum Gasteiger partial charge on any atom is -0.394 e. The van der Waals surface area contributed by atoms with Crippen LogP contribution in [0.15, 0.2) is 0 Å². The summed E-state index contributed by atoms with van der Waals surface area (Å²) in [6.07, 6.45) is 3.80. The van der Waals surface area contributed by atoms with Crippen molar-refractivity contribution in [2.24, 2.45) is 11.3 Å². The van der Waals surface area contributed by atoms with Gasteiger partial charge in [-0.1, -0.05) is 40.0 Å². The molecular weight excluding hydrogens is 255 g/mol. The number of carbonyl (C=O) groups excluding carboxylic acids is 3. The summed E-state index contributed by atoms with van der Waals surface area (Å²) < 4.78 is 0. The van der Waals surface area contributed by atoms with Crippen molar-refractivity contribution >= 4 is 17.8 Å². The van der Waals surface area contributed by atoms with Crippen LogP contribution in [0.3, 0.4) is 0 Å². The maximum Gasteiger partial charge on any atom is 1.00 e. The van der Waals surface area contributed by atoms with Gasteiger partial charge in [0.25, 0.3) is 0 Å². The molecule has 1 heterocycles. The second kappa shape index (κ2) is 8.02.